The molecule has 0 spiro atoms. The van der Waals surface area contributed by atoms with Crippen LogP contribution in [0.2, 0.25) is 0 Å². The number of amides is 1. The van der Waals surface area contributed by atoms with Gasteiger partial charge in [-0.15, -0.1) is 0 Å². The van der Waals surface area contributed by atoms with E-state index >= 15 is 0 Å². The van der Waals surface area contributed by atoms with Gasteiger partial charge in [0.15, 0.2) is 0 Å². The largest absolute Gasteiger partial charge is 0.356 e. The Labute approximate surface area is 190 Å². The first-order valence-corrected chi connectivity index (χ1v) is 12.3. The molecule has 0 fully saturated rings. The number of nitrogens with zero attached hydrogens (tertiary/aromatic N) is 2. The van der Waals surface area contributed by atoms with Gasteiger partial charge in [0.05, 0.1) is 15.9 Å². The first-order chi connectivity index (χ1) is 15.1. The van der Waals surface area contributed by atoms with Gasteiger partial charge in [-0.05, 0) is 48.6 Å². The van der Waals surface area contributed by atoms with Crippen LogP contribution in [0.4, 0.5) is 0 Å². The monoisotopic (exact) mass is 456 g/mol. The molecule has 172 valence electrons. The molecular weight excluding hydrogens is 424 g/mol. The number of nitrogens with one attached hydrogen (secondary N) is 2. The summed E-state index contributed by atoms with van der Waals surface area (Å²) in [6.07, 6.45) is 0.852. The van der Waals surface area contributed by atoms with Crippen molar-refractivity contribution in [2.24, 2.45) is 0 Å². The predicted molar refractivity (Wildman–Crippen MR) is 127 cm³/mol. The first kappa shape index (κ1) is 23.9. The molecule has 0 saturated carbocycles. The van der Waals surface area contributed by atoms with Crippen LogP contribution in [0.25, 0.3) is 11.0 Å². The molecule has 0 atom stereocenters. The molecule has 0 unspecified atom stereocenters. The molecular formula is C24H32N4O3S. The van der Waals surface area contributed by atoms with Gasteiger partial charge in [-0.1, -0.05) is 45.0 Å². The van der Waals surface area contributed by atoms with E-state index in [-0.39, 0.29) is 29.2 Å². The van der Waals surface area contributed by atoms with Crippen LogP contribution in [-0.4, -0.2) is 37.0 Å². The van der Waals surface area contributed by atoms with Gasteiger partial charge in [-0.2, -0.15) is 0 Å². The number of fused-ring (bicyclic) bond motifs is 1. The fraction of sp³-hybridized carbons (Fsp3) is 0.417. The Kier molecular flexibility index (Phi) is 7.36. The fourth-order valence-electron chi connectivity index (χ4n) is 3.55. The number of sulfonamides is 1. The van der Waals surface area contributed by atoms with Crippen molar-refractivity contribution in [3.8, 4) is 0 Å². The van der Waals surface area contributed by atoms with E-state index in [0.29, 0.717) is 6.54 Å². The van der Waals surface area contributed by atoms with Crippen LogP contribution < -0.4 is 10.0 Å². The number of para-hydroxylation sites is 2. The van der Waals surface area contributed by atoms with Gasteiger partial charge in [0.25, 0.3) is 0 Å². The predicted octanol–water partition coefficient (Wildman–Crippen LogP) is 3.52. The van der Waals surface area contributed by atoms with Crippen LogP contribution in [0.1, 0.15) is 45.0 Å². The van der Waals surface area contributed by atoms with Crippen LogP contribution in [-0.2, 0) is 26.8 Å². The summed E-state index contributed by atoms with van der Waals surface area (Å²) in [4.78, 5) is 16.8. The molecule has 0 radical (unpaired) electrons. The summed E-state index contributed by atoms with van der Waals surface area (Å²) in [6, 6.07) is 14.8. The second-order valence-electron chi connectivity index (χ2n) is 8.93. The fourth-order valence-corrected chi connectivity index (χ4v) is 4.58. The first-order valence-electron chi connectivity index (χ1n) is 10.9. The number of imidazole rings is 1. The van der Waals surface area contributed by atoms with Crippen LogP contribution >= 0.6 is 0 Å². The molecule has 32 heavy (non-hydrogen) atoms. The summed E-state index contributed by atoms with van der Waals surface area (Å²) in [7, 11) is -3.64. The molecule has 0 aliphatic carbocycles. The molecule has 1 amide bonds. The minimum Gasteiger partial charge on any atom is -0.356 e. The lowest BCUT2D eigenvalue weighted by atomic mass is 9.87. The second-order valence-corrected chi connectivity index (χ2v) is 10.7. The Morgan fingerprint density at radius 3 is 2.41 bits per heavy atom. The van der Waals surface area contributed by atoms with Crippen molar-refractivity contribution in [1.82, 2.24) is 19.6 Å². The molecule has 2 N–H and O–H groups in total. The third kappa shape index (κ3) is 5.95. The van der Waals surface area contributed by atoms with Crippen molar-refractivity contribution in [3.05, 3.63) is 59.9 Å². The number of aromatic nitrogens is 2. The Hall–Kier alpha value is -2.71. The molecule has 3 aromatic rings. The summed E-state index contributed by atoms with van der Waals surface area (Å²) >= 11 is 0. The van der Waals surface area contributed by atoms with E-state index in [4.69, 9.17) is 0 Å². The molecule has 3 rings (SSSR count). The Morgan fingerprint density at radius 2 is 1.72 bits per heavy atom. The maximum Gasteiger partial charge on any atom is 0.240 e. The standard InChI is InChI=1S/C24H32N4O3S/c1-18-27-21-8-5-6-9-22(21)28(18)17-7-15-25-23(29)14-16-26-32(30,31)20-12-10-19(11-13-20)24(2,3)4/h5-6,8-13,26H,7,14-17H2,1-4H3,(H,25,29). The number of hydrogen-bond acceptors (Lipinski definition) is 4. The van der Waals surface area contributed by atoms with Crippen molar-refractivity contribution in [2.75, 3.05) is 13.1 Å². The number of carbonyl (C=O) groups excluding carboxylic acids is 1. The topological polar surface area (TPSA) is 93.1 Å². The molecule has 1 aromatic heterocycles. The zero-order chi connectivity index (χ0) is 23.4. The molecule has 0 saturated heterocycles. The zero-order valence-electron chi connectivity index (χ0n) is 19.2. The highest BCUT2D eigenvalue weighted by atomic mass is 32.2. The average Bonchev–Trinajstić information content (AvgIpc) is 3.05. The lowest BCUT2D eigenvalue weighted by Crippen LogP contribution is -2.31. The Morgan fingerprint density at radius 1 is 1.03 bits per heavy atom. The van der Waals surface area contributed by atoms with Gasteiger partial charge in [-0.3, -0.25) is 4.79 Å². The lowest BCUT2D eigenvalue weighted by Gasteiger charge is -2.19. The Balaban J connectivity index is 1.41. The third-order valence-electron chi connectivity index (χ3n) is 5.40. The number of aryl methyl sites for hydroxylation is 2. The van der Waals surface area contributed by atoms with Crippen molar-refractivity contribution in [1.29, 1.82) is 0 Å². The van der Waals surface area contributed by atoms with Gasteiger partial charge < -0.3 is 9.88 Å². The van der Waals surface area contributed by atoms with Crippen molar-refractivity contribution >= 4 is 27.0 Å². The van der Waals surface area contributed by atoms with E-state index < -0.39 is 10.0 Å². The number of carbonyl (C=O) groups is 1. The smallest absolute Gasteiger partial charge is 0.240 e. The minimum absolute atomic E-state index is 0.0442. The quantitative estimate of drug-likeness (QED) is 0.482. The molecule has 8 heteroatoms. The SMILES string of the molecule is Cc1nc2ccccc2n1CCCNC(=O)CCNS(=O)(=O)c1ccc(C(C)(C)C)cc1. The van der Waals surface area contributed by atoms with E-state index in [1.165, 1.54) is 0 Å². The van der Waals surface area contributed by atoms with E-state index in [2.05, 4.69) is 40.4 Å². The highest BCUT2D eigenvalue weighted by molar-refractivity contribution is 7.89. The van der Waals surface area contributed by atoms with Crippen LogP contribution in [0.5, 0.6) is 0 Å². The molecule has 7 nitrogen and oxygen atoms in total. The highest BCUT2D eigenvalue weighted by Crippen LogP contribution is 2.23. The third-order valence-corrected chi connectivity index (χ3v) is 6.88. The molecule has 0 bridgehead atoms. The lowest BCUT2D eigenvalue weighted by molar-refractivity contribution is -0.120. The van der Waals surface area contributed by atoms with Crippen molar-refractivity contribution < 1.29 is 13.2 Å². The van der Waals surface area contributed by atoms with Gasteiger partial charge in [0.1, 0.15) is 5.82 Å². The van der Waals surface area contributed by atoms with Crippen LogP contribution in [0.3, 0.4) is 0 Å². The van der Waals surface area contributed by atoms with E-state index in [0.717, 1.165) is 35.4 Å². The van der Waals surface area contributed by atoms with Crippen molar-refractivity contribution in [3.63, 3.8) is 0 Å². The van der Waals surface area contributed by atoms with Gasteiger partial charge >= 0.3 is 0 Å². The normalized spacial score (nSPS) is 12.2. The summed E-state index contributed by atoms with van der Waals surface area (Å²) in [5, 5.41) is 2.86. The van der Waals surface area contributed by atoms with Crippen LogP contribution in [0, 0.1) is 6.92 Å². The van der Waals surface area contributed by atoms with E-state index in [1.54, 1.807) is 12.1 Å². The maximum atomic E-state index is 12.5. The summed E-state index contributed by atoms with van der Waals surface area (Å²) < 4.78 is 29.6. The second kappa shape index (κ2) is 9.83. The number of rotatable bonds is 9. The minimum atomic E-state index is -3.64. The number of hydrogen-bond donors (Lipinski definition) is 2. The zero-order valence-corrected chi connectivity index (χ0v) is 20.0. The van der Waals surface area contributed by atoms with Gasteiger partial charge in [0.2, 0.25) is 15.9 Å². The van der Waals surface area contributed by atoms with E-state index in [1.807, 2.05) is 43.3 Å². The molecule has 0 aliphatic rings. The summed E-state index contributed by atoms with van der Waals surface area (Å²) in [6.45, 7) is 9.53. The van der Waals surface area contributed by atoms with Gasteiger partial charge in [0, 0.05) is 26.1 Å². The molecule has 2 aromatic carbocycles. The Bertz CT molecular complexity index is 1180. The highest BCUT2D eigenvalue weighted by Gasteiger charge is 2.17. The van der Waals surface area contributed by atoms with Crippen molar-refractivity contribution in [2.45, 2.75) is 57.4 Å². The van der Waals surface area contributed by atoms with Crippen LogP contribution in [0.15, 0.2) is 53.4 Å². The van der Waals surface area contributed by atoms with Gasteiger partial charge in [-0.25, -0.2) is 18.1 Å². The maximum absolute atomic E-state index is 12.5. The van der Waals surface area contributed by atoms with E-state index in [9.17, 15) is 13.2 Å². The summed E-state index contributed by atoms with van der Waals surface area (Å²) in [5.74, 6) is 0.769. The molecule has 0 aliphatic heterocycles. The number of benzene rings is 2. The molecule has 1 heterocycles. The summed E-state index contributed by atoms with van der Waals surface area (Å²) in [5.41, 5.74) is 3.07. The average molecular weight is 457 g/mol.